The van der Waals surface area contributed by atoms with Crippen molar-refractivity contribution in [1.29, 1.82) is 0 Å². The van der Waals surface area contributed by atoms with Crippen LogP contribution in [0.4, 0.5) is 0 Å². The van der Waals surface area contributed by atoms with E-state index < -0.39 is 12.0 Å². The molecule has 5 heteroatoms. The summed E-state index contributed by atoms with van der Waals surface area (Å²) in [4.78, 5) is 16.1. The zero-order valence-corrected chi connectivity index (χ0v) is 9.25. The van der Waals surface area contributed by atoms with E-state index in [1.54, 1.807) is 12.1 Å². The van der Waals surface area contributed by atoms with Crippen molar-refractivity contribution in [2.24, 2.45) is 0 Å². The molecule has 0 aliphatic heterocycles. The second-order valence-electron chi connectivity index (χ2n) is 3.40. The van der Waals surface area contributed by atoms with Gasteiger partial charge in [-0.05, 0) is 17.7 Å². The van der Waals surface area contributed by atoms with Crippen LogP contribution in [0.2, 0.25) is 0 Å². The van der Waals surface area contributed by atoms with Gasteiger partial charge in [-0.2, -0.15) is 0 Å². The molecule has 0 saturated carbocycles. The number of rotatable bonds is 4. The maximum atomic E-state index is 11.4. The molecule has 0 aromatic heterocycles. The standard InChI is InChI=1S/C11H15NO4/c1-12(16-2)11(15)10(14)7-8-3-5-9(13)6-4-8/h3-6,10,13-14H,7H2,1-2H3. The Kier molecular flexibility index (Phi) is 4.28. The van der Waals surface area contributed by atoms with Crippen LogP contribution in [0.25, 0.3) is 0 Å². The topological polar surface area (TPSA) is 70.0 Å². The van der Waals surface area contributed by atoms with Crippen molar-refractivity contribution in [2.75, 3.05) is 14.2 Å². The van der Waals surface area contributed by atoms with Gasteiger partial charge in [0.25, 0.3) is 5.91 Å². The molecular weight excluding hydrogens is 210 g/mol. The van der Waals surface area contributed by atoms with Gasteiger partial charge >= 0.3 is 0 Å². The highest BCUT2D eigenvalue weighted by Gasteiger charge is 2.19. The fourth-order valence-electron chi connectivity index (χ4n) is 1.24. The highest BCUT2D eigenvalue weighted by atomic mass is 16.7. The molecule has 2 N–H and O–H groups in total. The second kappa shape index (κ2) is 5.48. The van der Waals surface area contributed by atoms with E-state index in [0.717, 1.165) is 10.6 Å². The Balaban J connectivity index is 2.60. The first kappa shape index (κ1) is 12.5. The average Bonchev–Trinajstić information content (AvgIpc) is 2.30. The molecule has 0 spiro atoms. The molecule has 0 aliphatic rings. The Morgan fingerprint density at radius 3 is 2.50 bits per heavy atom. The molecule has 1 aromatic rings. The lowest BCUT2D eigenvalue weighted by molar-refractivity contribution is -0.177. The summed E-state index contributed by atoms with van der Waals surface area (Å²) in [7, 11) is 2.79. The fraction of sp³-hybridized carbons (Fsp3) is 0.364. The molecule has 1 atom stereocenters. The third kappa shape index (κ3) is 3.22. The largest absolute Gasteiger partial charge is 0.508 e. The lowest BCUT2D eigenvalue weighted by Gasteiger charge is -2.17. The first-order valence-electron chi connectivity index (χ1n) is 4.82. The summed E-state index contributed by atoms with van der Waals surface area (Å²) in [5, 5.41) is 19.7. The van der Waals surface area contributed by atoms with Crippen LogP contribution in [-0.4, -0.2) is 41.4 Å². The SMILES string of the molecule is CON(C)C(=O)C(O)Cc1ccc(O)cc1. The summed E-state index contributed by atoms with van der Waals surface area (Å²) in [5.41, 5.74) is 0.767. The van der Waals surface area contributed by atoms with Gasteiger partial charge in [0.2, 0.25) is 0 Å². The number of hydroxylamine groups is 2. The normalized spacial score (nSPS) is 12.2. The number of aliphatic hydroxyl groups excluding tert-OH is 1. The van der Waals surface area contributed by atoms with Gasteiger partial charge in [0, 0.05) is 13.5 Å². The van der Waals surface area contributed by atoms with Crippen LogP contribution in [0.3, 0.4) is 0 Å². The first-order chi connectivity index (χ1) is 7.54. The minimum Gasteiger partial charge on any atom is -0.508 e. The van der Waals surface area contributed by atoms with E-state index >= 15 is 0 Å². The lowest BCUT2D eigenvalue weighted by Crippen LogP contribution is -2.36. The van der Waals surface area contributed by atoms with Crippen molar-refractivity contribution in [1.82, 2.24) is 5.06 Å². The number of phenols is 1. The van der Waals surface area contributed by atoms with E-state index in [0.29, 0.717) is 0 Å². The van der Waals surface area contributed by atoms with Gasteiger partial charge in [0.15, 0.2) is 0 Å². The number of aromatic hydroxyl groups is 1. The second-order valence-corrected chi connectivity index (χ2v) is 3.40. The summed E-state index contributed by atoms with van der Waals surface area (Å²) in [6.07, 6.45) is -0.957. The Morgan fingerprint density at radius 2 is 2.00 bits per heavy atom. The van der Waals surface area contributed by atoms with E-state index in [9.17, 15) is 9.90 Å². The van der Waals surface area contributed by atoms with Gasteiger partial charge in [-0.25, -0.2) is 5.06 Å². The minimum absolute atomic E-state index is 0.151. The van der Waals surface area contributed by atoms with E-state index in [4.69, 9.17) is 5.11 Å². The number of aliphatic hydroxyl groups is 1. The maximum absolute atomic E-state index is 11.4. The number of benzene rings is 1. The van der Waals surface area contributed by atoms with Crippen molar-refractivity contribution in [3.05, 3.63) is 29.8 Å². The van der Waals surface area contributed by atoms with Gasteiger partial charge in [-0.1, -0.05) is 12.1 Å². The van der Waals surface area contributed by atoms with Crippen LogP contribution in [0.15, 0.2) is 24.3 Å². The molecule has 0 fully saturated rings. The number of hydrogen-bond acceptors (Lipinski definition) is 4. The highest BCUT2D eigenvalue weighted by molar-refractivity contribution is 5.79. The summed E-state index contributed by atoms with van der Waals surface area (Å²) in [6.45, 7) is 0. The summed E-state index contributed by atoms with van der Waals surface area (Å²) in [6, 6.07) is 6.32. The Hall–Kier alpha value is -1.59. The number of carbonyl (C=O) groups excluding carboxylic acids is 1. The van der Waals surface area contributed by atoms with Crippen molar-refractivity contribution in [3.63, 3.8) is 0 Å². The smallest absolute Gasteiger partial charge is 0.274 e. The fourth-order valence-corrected chi connectivity index (χ4v) is 1.24. The van der Waals surface area contributed by atoms with Crippen molar-refractivity contribution in [3.8, 4) is 5.75 Å². The van der Waals surface area contributed by atoms with Crippen LogP contribution < -0.4 is 0 Å². The quantitative estimate of drug-likeness (QED) is 0.724. The van der Waals surface area contributed by atoms with E-state index in [2.05, 4.69) is 4.84 Å². The number of phenolic OH excluding ortho intramolecular Hbond substituents is 1. The summed E-state index contributed by atoms with van der Waals surface area (Å²) >= 11 is 0. The van der Waals surface area contributed by atoms with Crippen molar-refractivity contribution in [2.45, 2.75) is 12.5 Å². The van der Waals surface area contributed by atoms with Gasteiger partial charge in [-0.3, -0.25) is 9.63 Å². The van der Waals surface area contributed by atoms with Crippen LogP contribution >= 0.6 is 0 Å². The molecule has 16 heavy (non-hydrogen) atoms. The predicted molar refractivity (Wildman–Crippen MR) is 57.6 cm³/mol. The number of likely N-dealkylation sites (N-methyl/N-ethyl adjacent to an activating group) is 1. The van der Waals surface area contributed by atoms with Crippen LogP contribution in [0.5, 0.6) is 5.75 Å². The molecule has 1 amide bonds. The monoisotopic (exact) mass is 225 g/mol. The molecule has 0 radical (unpaired) electrons. The molecule has 1 aromatic carbocycles. The number of amides is 1. The zero-order valence-electron chi connectivity index (χ0n) is 9.25. The van der Waals surface area contributed by atoms with Gasteiger partial charge in [0.1, 0.15) is 11.9 Å². The third-order valence-electron chi connectivity index (χ3n) is 2.23. The Bertz CT molecular complexity index is 350. The summed E-state index contributed by atoms with van der Waals surface area (Å²) < 4.78 is 0. The molecular formula is C11H15NO4. The Morgan fingerprint density at radius 1 is 1.44 bits per heavy atom. The molecule has 0 saturated heterocycles. The molecule has 1 unspecified atom stereocenters. The highest BCUT2D eigenvalue weighted by Crippen LogP contribution is 2.11. The zero-order chi connectivity index (χ0) is 12.1. The third-order valence-corrected chi connectivity index (χ3v) is 2.23. The van der Waals surface area contributed by atoms with Crippen molar-refractivity contribution < 1.29 is 19.8 Å². The molecule has 0 aliphatic carbocycles. The maximum Gasteiger partial charge on any atom is 0.274 e. The van der Waals surface area contributed by atoms with Gasteiger partial charge < -0.3 is 10.2 Å². The van der Waals surface area contributed by atoms with Crippen LogP contribution in [0.1, 0.15) is 5.56 Å². The van der Waals surface area contributed by atoms with E-state index in [-0.39, 0.29) is 12.2 Å². The Labute approximate surface area is 93.8 Å². The van der Waals surface area contributed by atoms with E-state index in [1.807, 2.05) is 0 Å². The lowest BCUT2D eigenvalue weighted by atomic mass is 10.1. The van der Waals surface area contributed by atoms with Gasteiger partial charge in [-0.15, -0.1) is 0 Å². The van der Waals surface area contributed by atoms with Gasteiger partial charge in [0.05, 0.1) is 7.11 Å². The van der Waals surface area contributed by atoms with Crippen LogP contribution in [-0.2, 0) is 16.1 Å². The predicted octanol–water partition coefficient (Wildman–Crippen LogP) is 0.315. The molecule has 88 valence electrons. The molecule has 1 rings (SSSR count). The average molecular weight is 225 g/mol. The summed E-state index contributed by atoms with van der Waals surface area (Å²) in [5.74, 6) is -0.353. The molecule has 0 heterocycles. The number of hydrogen-bond donors (Lipinski definition) is 2. The van der Waals surface area contributed by atoms with E-state index in [1.165, 1.54) is 26.3 Å². The molecule has 0 bridgehead atoms. The number of nitrogens with zero attached hydrogens (tertiary/aromatic N) is 1. The first-order valence-corrected chi connectivity index (χ1v) is 4.82. The van der Waals surface area contributed by atoms with Crippen LogP contribution in [0, 0.1) is 0 Å². The minimum atomic E-state index is -1.14. The number of carbonyl (C=O) groups is 1. The molecule has 5 nitrogen and oxygen atoms in total. The van der Waals surface area contributed by atoms with Crippen molar-refractivity contribution >= 4 is 5.91 Å².